The molecule has 96 valence electrons. The molecule has 1 aliphatic rings. The molecule has 1 fully saturated rings. The van der Waals surface area contributed by atoms with Crippen LogP contribution in [0.2, 0.25) is 0 Å². The van der Waals surface area contributed by atoms with Crippen molar-refractivity contribution in [2.75, 3.05) is 13.1 Å². The molecule has 1 aliphatic heterocycles. The van der Waals surface area contributed by atoms with Gasteiger partial charge in [0.25, 0.3) is 10.0 Å². The van der Waals surface area contributed by atoms with Crippen LogP contribution in [-0.2, 0) is 16.6 Å². The molecule has 0 amide bonds. The number of piperidine rings is 1. The maximum atomic E-state index is 12.3. The lowest BCUT2D eigenvalue weighted by Crippen LogP contribution is -2.37. The molecular formula is C11H18N2O2S2. The highest BCUT2D eigenvalue weighted by molar-refractivity contribution is 7.91. The lowest BCUT2D eigenvalue weighted by atomic mass is 10.0. The third kappa shape index (κ3) is 2.70. The van der Waals surface area contributed by atoms with Crippen LogP contribution in [0.15, 0.2) is 16.3 Å². The fourth-order valence-electron chi connectivity index (χ4n) is 1.96. The standard InChI is InChI=1S/C11H18N2O2S2/c1-9-4-6-13(7-5-9)17(14,15)11-3-2-10(8-12)16-11/h2-3,9H,4-8,12H2,1H3. The first kappa shape index (κ1) is 13.0. The summed E-state index contributed by atoms with van der Waals surface area (Å²) in [5.41, 5.74) is 5.51. The van der Waals surface area contributed by atoms with E-state index in [9.17, 15) is 8.42 Å². The molecule has 0 unspecified atom stereocenters. The molecule has 0 radical (unpaired) electrons. The van der Waals surface area contributed by atoms with Crippen molar-refractivity contribution in [2.24, 2.45) is 11.7 Å². The van der Waals surface area contributed by atoms with E-state index >= 15 is 0 Å². The molecular weight excluding hydrogens is 256 g/mol. The molecule has 0 aromatic carbocycles. The topological polar surface area (TPSA) is 63.4 Å². The SMILES string of the molecule is CC1CCN(S(=O)(=O)c2ccc(CN)s2)CC1. The highest BCUT2D eigenvalue weighted by Gasteiger charge is 2.29. The largest absolute Gasteiger partial charge is 0.326 e. The lowest BCUT2D eigenvalue weighted by Gasteiger charge is -2.28. The number of nitrogens with two attached hydrogens (primary N) is 1. The quantitative estimate of drug-likeness (QED) is 0.911. The van der Waals surface area contributed by atoms with E-state index in [0.717, 1.165) is 17.7 Å². The van der Waals surface area contributed by atoms with Gasteiger partial charge in [-0.15, -0.1) is 11.3 Å². The Morgan fingerprint density at radius 2 is 2.06 bits per heavy atom. The smallest absolute Gasteiger partial charge is 0.252 e. The number of nitrogens with zero attached hydrogens (tertiary/aromatic N) is 1. The Morgan fingerprint density at radius 3 is 2.59 bits per heavy atom. The third-order valence-corrected chi connectivity index (χ3v) is 6.65. The van der Waals surface area contributed by atoms with Crippen molar-refractivity contribution in [3.63, 3.8) is 0 Å². The van der Waals surface area contributed by atoms with E-state index < -0.39 is 10.0 Å². The van der Waals surface area contributed by atoms with Crippen LogP contribution in [-0.4, -0.2) is 25.8 Å². The highest BCUT2D eigenvalue weighted by atomic mass is 32.2. The van der Waals surface area contributed by atoms with Crippen LogP contribution in [0, 0.1) is 5.92 Å². The van der Waals surface area contributed by atoms with Crippen LogP contribution in [0.4, 0.5) is 0 Å². The summed E-state index contributed by atoms with van der Waals surface area (Å²) < 4.78 is 26.7. The molecule has 2 N–H and O–H groups in total. The zero-order chi connectivity index (χ0) is 12.5. The van der Waals surface area contributed by atoms with Gasteiger partial charge < -0.3 is 5.73 Å². The molecule has 2 heterocycles. The Balaban J connectivity index is 2.18. The second-order valence-corrected chi connectivity index (χ2v) is 7.84. The van der Waals surface area contributed by atoms with Gasteiger partial charge in [-0.25, -0.2) is 8.42 Å². The maximum absolute atomic E-state index is 12.3. The minimum Gasteiger partial charge on any atom is -0.326 e. The van der Waals surface area contributed by atoms with Crippen LogP contribution in [0.5, 0.6) is 0 Å². The van der Waals surface area contributed by atoms with Crippen molar-refractivity contribution < 1.29 is 8.42 Å². The van der Waals surface area contributed by atoms with Gasteiger partial charge in [0.05, 0.1) is 0 Å². The molecule has 0 saturated carbocycles. The summed E-state index contributed by atoms with van der Waals surface area (Å²) in [6.45, 7) is 3.84. The summed E-state index contributed by atoms with van der Waals surface area (Å²) in [6, 6.07) is 3.46. The molecule has 2 rings (SSSR count). The van der Waals surface area contributed by atoms with Crippen molar-refractivity contribution in [1.29, 1.82) is 0 Å². The van der Waals surface area contributed by atoms with Gasteiger partial charge in [0.15, 0.2) is 0 Å². The predicted molar refractivity (Wildman–Crippen MR) is 69.4 cm³/mol. The number of sulfonamides is 1. The number of hydrogen-bond acceptors (Lipinski definition) is 4. The first-order valence-corrected chi connectivity index (χ1v) is 8.08. The monoisotopic (exact) mass is 274 g/mol. The fourth-order valence-corrected chi connectivity index (χ4v) is 4.82. The maximum Gasteiger partial charge on any atom is 0.252 e. The van der Waals surface area contributed by atoms with Crippen LogP contribution < -0.4 is 5.73 Å². The molecule has 1 aromatic rings. The lowest BCUT2D eigenvalue weighted by molar-refractivity contribution is 0.288. The summed E-state index contributed by atoms with van der Waals surface area (Å²) in [5, 5.41) is 0. The molecule has 0 spiro atoms. The Kier molecular flexibility index (Phi) is 3.87. The first-order chi connectivity index (χ1) is 8.04. The van der Waals surface area contributed by atoms with Gasteiger partial charge in [-0.05, 0) is 30.9 Å². The minimum atomic E-state index is -3.28. The summed E-state index contributed by atoms with van der Waals surface area (Å²) in [5.74, 6) is 0.629. The zero-order valence-corrected chi connectivity index (χ0v) is 11.6. The van der Waals surface area contributed by atoms with Crippen LogP contribution >= 0.6 is 11.3 Å². The van der Waals surface area contributed by atoms with E-state index in [1.165, 1.54) is 11.3 Å². The normalized spacial score (nSPS) is 19.6. The van der Waals surface area contributed by atoms with E-state index in [-0.39, 0.29) is 0 Å². The van der Waals surface area contributed by atoms with E-state index in [4.69, 9.17) is 5.73 Å². The Bertz CT molecular complexity index is 473. The average molecular weight is 274 g/mol. The second kappa shape index (κ2) is 5.06. The van der Waals surface area contributed by atoms with Gasteiger partial charge in [-0.3, -0.25) is 0 Å². The van der Waals surface area contributed by atoms with E-state index in [2.05, 4.69) is 6.92 Å². The summed E-state index contributed by atoms with van der Waals surface area (Å²) in [4.78, 5) is 0.911. The molecule has 0 atom stereocenters. The highest BCUT2D eigenvalue weighted by Crippen LogP contribution is 2.27. The molecule has 6 heteroatoms. The summed E-state index contributed by atoms with van der Waals surface area (Å²) in [7, 11) is -3.28. The molecule has 1 aromatic heterocycles. The van der Waals surface area contributed by atoms with Crippen molar-refractivity contribution >= 4 is 21.4 Å². The minimum absolute atomic E-state index is 0.400. The van der Waals surface area contributed by atoms with Crippen LogP contribution in [0.25, 0.3) is 0 Å². The van der Waals surface area contributed by atoms with Crippen molar-refractivity contribution in [3.05, 3.63) is 17.0 Å². The van der Waals surface area contributed by atoms with E-state index in [1.807, 2.05) is 0 Å². The number of hydrogen-bond donors (Lipinski definition) is 1. The van der Waals surface area contributed by atoms with Crippen molar-refractivity contribution in [1.82, 2.24) is 4.31 Å². The average Bonchev–Trinajstić information content (AvgIpc) is 2.78. The molecule has 4 nitrogen and oxygen atoms in total. The Morgan fingerprint density at radius 1 is 1.41 bits per heavy atom. The first-order valence-electron chi connectivity index (χ1n) is 5.83. The van der Waals surface area contributed by atoms with Gasteiger partial charge in [0.2, 0.25) is 0 Å². The van der Waals surface area contributed by atoms with Gasteiger partial charge in [-0.2, -0.15) is 4.31 Å². The van der Waals surface area contributed by atoms with Gasteiger partial charge in [0.1, 0.15) is 4.21 Å². The van der Waals surface area contributed by atoms with Gasteiger partial charge in [-0.1, -0.05) is 6.92 Å². The van der Waals surface area contributed by atoms with Crippen LogP contribution in [0.3, 0.4) is 0 Å². The molecule has 0 bridgehead atoms. The van der Waals surface area contributed by atoms with Gasteiger partial charge >= 0.3 is 0 Å². The zero-order valence-electron chi connectivity index (χ0n) is 9.93. The van der Waals surface area contributed by atoms with Gasteiger partial charge in [0, 0.05) is 24.5 Å². The molecule has 0 aliphatic carbocycles. The Hall–Kier alpha value is -0.430. The van der Waals surface area contributed by atoms with Crippen molar-refractivity contribution in [2.45, 2.75) is 30.5 Å². The van der Waals surface area contributed by atoms with E-state index in [1.54, 1.807) is 16.4 Å². The van der Waals surface area contributed by atoms with E-state index in [0.29, 0.717) is 29.8 Å². The molecule has 1 saturated heterocycles. The second-order valence-electron chi connectivity index (χ2n) is 4.51. The summed E-state index contributed by atoms with van der Waals surface area (Å²) >= 11 is 1.28. The van der Waals surface area contributed by atoms with Crippen LogP contribution in [0.1, 0.15) is 24.6 Å². The molecule has 17 heavy (non-hydrogen) atoms. The Labute approximate surface area is 106 Å². The predicted octanol–water partition coefficient (Wildman–Crippen LogP) is 1.63. The van der Waals surface area contributed by atoms with Crippen molar-refractivity contribution in [3.8, 4) is 0 Å². The summed E-state index contributed by atoms with van der Waals surface area (Å²) in [6.07, 6.45) is 1.91. The third-order valence-electron chi connectivity index (χ3n) is 3.17. The number of rotatable bonds is 3. The number of thiophene rings is 1. The fraction of sp³-hybridized carbons (Fsp3) is 0.636.